The van der Waals surface area contributed by atoms with Crippen molar-refractivity contribution < 1.29 is 4.39 Å². The number of hydrogen-bond donors (Lipinski definition) is 0. The van der Waals surface area contributed by atoms with Crippen LogP contribution in [0.5, 0.6) is 0 Å². The number of alkyl halides is 1. The van der Waals surface area contributed by atoms with Crippen molar-refractivity contribution in [2.24, 2.45) is 5.92 Å². The molecule has 0 aromatic rings. The van der Waals surface area contributed by atoms with Crippen LogP contribution in [0.15, 0.2) is 0 Å². The highest BCUT2D eigenvalue weighted by Gasteiger charge is 2.34. The van der Waals surface area contributed by atoms with Gasteiger partial charge in [0.1, 0.15) is 0 Å². The molecule has 0 fully saturated rings. The molecule has 0 radical (unpaired) electrons. The van der Waals surface area contributed by atoms with E-state index in [-0.39, 0.29) is 0 Å². The molecule has 0 spiro atoms. The average molecular weight is 157 g/mol. The van der Waals surface area contributed by atoms with Gasteiger partial charge in [-0.25, -0.2) is 11.0 Å². The van der Waals surface area contributed by atoms with Gasteiger partial charge in [-0.15, -0.1) is 0 Å². The highest BCUT2D eigenvalue weighted by molar-refractivity contribution is 4.93. The Hall–Kier alpha value is -0.580. The lowest BCUT2D eigenvalue weighted by Gasteiger charge is -2.17. The molecule has 1 unspecified atom stereocenters. The monoisotopic (exact) mass is 157 g/mol. The zero-order valence-electron chi connectivity index (χ0n) is 7.69. The van der Waals surface area contributed by atoms with Gasteiger partial charge in [0.2, 0.25) is 0 Å². The fraction of sp³-hybridized carbons (Fsp3) is 0.889. The fourth-order valence-electron chi connectivity index (χ4n) is 0.933. The molecule has 0 saturated carbocycles. The molecule has 0 aromatic heterocycles. The summed E-state index contributed by atoms with van der Waals surface area (Å²) in [7, 11) is 0. The molecule has 0 saturated heterocycles. The van der Waals surface area contributed by atoms with E-state index in [2.05, 4.69) is 4.85 Å². The number of rotatable bonds is 3. The SMILES string of the molecule is [C-]#[N+]C(CC(C)C)C(C)(C)F. The Morgan fingerprint density at radius 3 is 2.00 bits per heavy atom. The van der Waals surface area contributed by atoms with Gasteiger partial charge in [0.15, 0.2) is 5.67 Å². The van der Waals surface area contributed by atoms with Crippen LogP contribution in [0.2, 0.25) is 0 Å². The zero-order valence-corrected chi connectivity index (χ0v) is 7.69. The van der Waals surface area contributed by atoms with Crippen LogP contribution in [0.25, 0.3) is 4.85 Å². The Bertz CT molecular complexity index is 150. The van der Waals surface area contributed by atoms with Crippen molar-refractivity contribution in [3.8, 4) is 0 Å². The molecule has 2 heteroatoms. The van der Waals surface area contributed by atoms with Crippen molar-refractivity contribution in [3.05, 3.63) is 11.4 Å². The first-order valence-corrected chi connectivity index (χ1v) is 3.93. The molecule has 0 aliphatic rings. The summed E-state index contributed by atoms with van der Waals surface area (Å²) in [6.45, 7) is 13.7. The predicted octanol–water partition coefficient (Wildman–Crippen LogP) is 3.07. The lowest BCUT2D eigenvalue weighted by atomic mass is 9.93. The third kappa shape index (κ3) is 3.98. The maximum atomic E-state index is 13.2. The highest BCUT2D eigenvalue weighted by Crippen LogP contribution is 2.23. The van der Waals surface area contributed by atoms with Crippen molar-refractivity contribution in [2.45, 2.75) is 45.8 Å². The zero-order chi connectivity index (χ0) is 9.07. The summed E-state index contributed by atoms with van der Waals surface area (Å²) >= 11 is 0. The van der Waals surface area contributed by atoms with Gasteiger partial charge in [0.05, 0.1) is 0 Å². The Morgan fingerprint density at radius 2 is 1.91 bits per heavy atom. The molecule has 64 valence electrons. The van der Waals surface area contributed by atoms with Gasteiger partial charge in [-0.1, -0.05) is 13.8 Å². The van der Waals surface area contributed by atoms with Crippen molar-refractivity contribution in [3.63, 3.8) is 0 Å². The van der Waals surface area contributed by atoms with Crippen LogP contribution in [0.3, 0.4) is 0 Å². The molecule has 0 rings (SSSR count). The Kier molecular flexibility index (Phi) is 3.51. The lowest BCUT2D eigenvalue weighted by molar-refractivity contribution is 0.178. The molecule has 1 nitrogen and oxygen atoms in total. The van der Waals surface area contributed by atoms with E-state index >= 15 is 0 Å². The van der Waals surface area contributed by atoms with E-state index in [1.807, 2.05) is 13.8 Å². The van der Waals surface area contributed by atoms with Crippen LogP contribution < -0.4 is 0 Å². The average Bonchev–Trinajstić information content (AvgIpc) is 1.79. The molecule has 0 N–H and O–H groups in total. The number of halogens is 1. The lowest BCUT2D eigenvalue weighted by Crippen LogP contribution is -2.29. The van der Waals surface area contributed by atoms with Gasteiger partial charge >= 0.3 is 0 Å². The second-order valence-corrected chi connectivity index (χ2v) is 3.84. The Balaban J connectivity index is 4.11. The van der Waals surface area contributed by atoms with E-state index < -0.39 is 11.7 Å². The summed E-state index contributed by atoms with van der Waals surface area (Å²) in [4.78, 5) is 3.27. The molecule has 0 amide bonds. The van der Waals surface area contributed by atoms with Gasteiger partial charge < -0.3 is 4.85 Å². The van der Waals surface area contributed by atoms with Crippen LogP contribution in [-0.4, -0.2) is 11.7 Å². The number of hydrogen-bond acceptors (Lipinski definition) is 0. The van der Waals surface area contributed by atoms with Crippen molar-refractivity contribution in [1.29, 1.82) is 0 Å². The molecule has 1 atom stereocenters. The van der Waals surface area contributed by atoms with E-state index in [0.717, 1.165) is 0 Å². The molecule has 0 bridgehead atoms. The summed E-state index contributed by atoms with van der Waals surface area (Å²) < 4.78 is 13.2. The highest BCUT2D eigenvalue weighted by atomic mass is 19.1. The van der Waals surface area contributed by atoms with Crippen LogP contribution in [0, 0.1) is 12.5 Å². The van der Waals surface area contributed by atoms with Crippen molar-refractivity contribution in [2.75, 3.05) is 0 Å². The summed E-state index contributed by atoms with van der Waals surface area (Å²) in [6.07, 6.45) is 0.646. The Morgan fingerprint density at radius 1 is 1.45 bits per heavy atom. The first-order valence-electron chi connectivity index (χ1n) is 3.93. The normalized spacial score (nSPS) is 14.6. The summed E-state index contributed by atoms with van der Waals surface area (Å²) in [5.74, 6) is 0.393. The predicted molar refractivity (Wildman–Crippen MR) is 45.0 cm³/mol. The molecule has 0 aliphatic heterocycles. The molecule has 0 aromatic carbocycles. The third-order valence-electron chi connectivity index (χ3n) is 1.64. The minimum absolute atomic E-state index is 0.393. The van der Waals surface area contributed by atoms with Crippen LogP contribution in [0.4, 0.5) is 4.39 Å². The minimum Gasteiger partial charge on any atom is -0.310 e. The topological polar surface area (TPSA) is 4.36 Å². The van der Waals surface area contributed by atoms with Gasteiger partial charge in [-0.3, -0.25) is 0 Å². The first kappa shape index (κ1) is 10.4. The quantitative estimate of drug-likeness (QED) is 0.554. The van der Waals surface area contributed by atoms with Crippen LogP contribution in [-0.2, 0) is 0 Å². The maximum Gasteiger partial charge on any atom is 0.256 e. The molecule has 0 aliphatic carbocycles. The summed E-state index contributed by atoms with van der Waals surface area (Å²) in [6, 6.07) is -0.484. The smallest absolute Gasteiger partial charge is 0.256 e. The third-order valence-corrected chi connectivity index (χ3v) is 1.64. The molecular weight excluding hydrogens is 141 g/mol. The summed E-state index contributed by atoms with van der Waals surface area (Å²) in [5.41, 5.74) is -1.36. The van der Waals surface area contributed by atoms with Gasteiger partial charge in [-0.05, 0) is 19.8 Å². The minimum atomic E-state index is -1.36. The largest absolute Gasteiger partial charge is 0.310 e. The van der Waals surface area contributed by atoms with Crippen molar-refractivity contribution in [1.82, 2.24) is 0 Å². The van der Waals surface area contributed by atoms with E-state index in [1.165, 1.54) is 13.8 Å². The molecular formula is C9H16FN. The first-order chi connectivity index (χ1) is 4.88. The van der Waals surface area contributed by atoms with E-state index in [4.69, 9.17) is 6.57 Å². The van der Waals surface area contributed by atoms with E-state index in [9.17, 15) is 4.39 Å². The second-order valence-electron chi connectivity index (χ2n) is 3.84. The second kappa shape index (κ2) is 3.71. The van der Waals surface area contributed by atoms with Crippen molar-refractivity contribution >= 4 is 0 Å². The van der Waals surface area contributed by atoms with Gasteiger partial charge in [-0.2, -0.15) is 0 Å². The van der Waals surface area contributed by atoms with Gasteiger partial charge in [0, 0.05) is 6.42 Å². The molecule has 0 heterocycles. The fourth-order valence-corrected chi connectivity index (χ4v) is 0.933. The maximum absolute atomic E-state index is 13.2. The molecule has 11 heavy (non-hydrogen) atoms. The standard InChI is InChI=1S/C9H16FN/c1-7(2)6-8(11-5)9(3,4)10/h7-8H,6H2,1-4H3. The van der Waals surface area contributed by atoms with Crippen LogP contribution >= 0.6 is 0 Å². The Labute approximate surface area is 68.4 Å². The van der Waals surface area contributed by atoms with Crippen LogP contribution in [0.1, 0.15) is 34.1 Å². The van der Waals surface area contributed by atoms with E-state index in [0.29, 0.717) is 12.3 Å². The van der Waals surface area contributed by atoms with Gasteiger partial charge in [0.25, 0.3) is 6.04 Å². The number of nitrogens with zero attached hydrogens (tertiary/aromatic N) is 1. The van der Waals surface area contributed by atoms with E-state index in [1.54, 1.807) is 0 Å². The summed E-state index contributed by atoms with van der Waals surface area (Å²) in [5, 5.41) is 0.